The van der Waals surface area contributed by atoms with Crippen molar-refractivity contribution in [1.82, 2.24) is 14.8 Å². The Labute approximate surface area is 150 Å². The maximum absolute atomic E-state index is 14.4. The molecule has 0 unspecified atom stereocenters. The van der Waals surface area contributed by atoms with E-state index in [4.69, 9.17) is 5.73 Å². The monoisotopic (exact) mass is 344 g/mol. The molecule has 0 atom stereocenters. The minimum atomic E-state index is -0.308. The highest BCUT2D eigenvalue weighted by atomic mass is 19.1. The van der Waals surface area contributed by atoms with Crippen molar-refractivity contribution in [3.05, 3.63) is 90.5 Å². The summed E-state index contributed by atoms with van der Waals surface area (Å²) in [5.41, 5.74) is 10.4. The van der Waals surface area contributed by atoms with Crippen LogP contribution in [0.1, 0.15) is 5.56 Å². The first-order valence-corrected chi connectivity index (χ1v) is 8.31. The molecule has 0 saturated carbocycles. The van der Waals surface area contributed by atoms with Crippen molar-refractivity contribution in [1.29, 1.82) is 0 Å². The first-order chi connectivity index (χ1) is 12.8. The van der Waals surface area contributed by atoms with Gasteiger partial charge in [-0.2, -0.15) is 5.10 Å². The van der Waals surface area contributed by atoms with Gasteiger partial charge in [-0.1, -0.05) is 42.5 Å². The molecule has 2 aromatic carbocycles. The van der Waals surface area contributed by atoms with Crippen molar-refractivity contribution in [3.63, 3.8) is 0 Å². The Kier molecular flexibility index (Phi) is 4.29. The van der Waals surface area contributed by atoms with Crippen LogP contribution in [0.5, 0.6) is 0 Å². The zero-order valence-electron chi connectivity index (χ0n) is 14.0. The van der Waals surface area contributed by atoms with Gasteiger partial charge in [-0.3, -0.25) is 4.98 Å². The van der Waals surface area contributed by atoms with Gasteiger partial charge in [-0.05, 0) is 24.3 Å². The predicted molar refractivity (Wildman–Crippen MR) is 100 cm³/mol. The van der Waals surface area contributed by atoms with Crippen molar-refractivity contribution in [2.45, 2.75) is 6.54 Å². The van der Waals surface area contributed by atoms with E-state index in [0.29, 0.717) is 11.3 Å². The number of hydrogen-bond acceptors (Lipinski definition) is 3. The Morgan fingerprint density at radius 1 is 0.885 bits per heavy atom. The second-order valence-corrected chi connectivity index (χ2v) is 5.88. The van der Waals surface area contributed by atoms with Crippen LogP contribution < -0.4 is 5.73 Å². The lowest BCUT2D eigenvalue weighted by molar-refractivity contribution is 0.629. The molecule has 0 radical (unpaired) electrons. The number of halogens is 1. The smallest absolute Gasteiger partial charge is 0.132 e. The highest BCUT2D eigenvalue weighted by Crippen LogP contribution is 2.29. The van der Waals surface area contributed by atoms with Crippen molar-refractivity contribution < 1.29 is 4.39 Å². The van der Waals surface area contributed by atoms with Crippen LogP contribution in [0.15, 0.2) is 79.1 Å². The summed E-state index contributed by atoms with van der Waals surface area (Å²) in [4.78, 5) is 4.53. The molecular formula is C21H17FN4. The van der Waals surface area contributed by atoms with Crippen LogP contribution >= 0.6 is 0 Å². The van der Waals surface area contributed by atoms with Gasteiger partial charge in [0.1, 0.15) is 5.82 Å². The van der Waals surface area contributed by atoms with Gasteiger partial charge in [0.05, 0.1) is 29.5 Å². The summed E-state index contributed by atoms with van der Waals surface area (Å²) in [5.74, 6) is -0.308. The zero-order valence-corrected chi connectivity index (χ0v) is 14.0. The first kappa shape index (κ1) is 16.2. The average Bonchev–Trinajstić information content (AvgIpc) is 3.13. The third-order valence-electron chi connectivity index (χ3n) is 4.26. The predicted octanol–water partition coefficient (Wildman–Crippen LogP) is 4.20. The third kappa shape index (κ3) is 2.89. The fourth-order valence-corrected chi connectivity index (χ4v) is 2.96. The number of benzene rings is 2. The Hall–Kier alpha value is -3.31. The molecular weight excluding hydrogens is 327 g/mol. The molecule has 0 aliphatic carbocycles. The molecule has 0 amide bonds. The average molecular weight is 344 g/mol. The largest absolute Gasteiger partial charge is 0.326 e. The van der Waals surface area contributed by atoms with E-state index in [0.717, 1.165) is 22.5 Å². The summed E-state index contributed by atoms with van der Waals surface area (Å²) in [6.45, 7) is 0.277. The number of nitrogens with two attached hydrogens (primary N) is 1. The van der Waals surface area contributed by atoms with Crippen molar-refractivity contribution in [3.8, 4) is 28.2 Å². The maximum Gasteiger partial charge on any atom is 0.132 e. The molecule has 0 spiro atoms. The Bertz CT molecular complexity index is 1020. The van der Waals surface area contributed by atoms with Crippen LogP contribution in [0.2, 0.25) is 0 Å². The SMILES string of the molecule is NCc1cnn(-c2ccc(-c3ccccc3)nc2)c1-c1ccccc1F. The maximum atomic E-state index is 14.4. The quantitative estimate of drug-likeness (QED) is 0.604. The molecule has 0 bridgehead atoms. The summed E-state index contributed by atoms with van der Waals surface area (Å²) in [5, 5.41) is 4.41. The van der Waals surface area contributed by atoms with Gasteiger partial charge in [-0.15, -0.1) is 0 Å². The van der Waals surface area contributed by atoms with E-state index in [1.807, 2.05) is 42.5 Å². The second-order valence-electron chi connectivity index (χ2n) is 5.88. The van der Waals surface area contributed by atoms with Crippen LogP contribution in [0.25, 0.3) is 28.2 Å². The minimum Gasteiger partial charge on any atom is -0.326 e. The minimum absolute atomic E-state index is 0.277. The van der Waals surface area contributed by atoms with Gasteiger partial charge in [0.2, 0.25) is 0 Å². The number of rotatable bonds is 4. The summed E-state index contributed by atoms with van der Waals surface area (Å²) < 4.78 is 16.0. The molecule has 2 N–H and O–H groups in total. The Balaban J connectivity index is 1.80. The summed E-state index contributed by atoms with van der Waals surface area (Å²) >= 11 is 0. The summed E-state index contributed by atoms with van der Waals surface area (Å²) in [6.07, 6.45) is 3.41. The number of nitrogens with zero attached hydrogens (tertiary/aromatic N) is 3. The number of aromatic nitrogens is 3. The van der Waals surface area contributed by atoms with E-state index >= 15 is 0 Å². The Morgan fingerprint density at radius 2 is 1.65 bits per heavy atom. The highest BCUT2D eigenvalue weighted by molar-refractivity contribution is 5.67. The third-order valence-corrected chi connectivity index (χ3v) is 4.26. The van der Waals surface area contributed by atoms with E-state index in [9.17, 15) is 4.39 Å². The van der Waals surface area contributed by atoms with E-state index in [-0.39, 0.29) is 12.4 Å². The van der Waals surface area contributed by atoms with E-state index < -0.39 is 0 Å². The zero-order chi connectivity index (χ0) is 17.9. The standard InChI is InChI=1S/C21H17FN4/c22-19-9-5-4-8-18(19)21-16(12-23)13-25-26(21)17-10-11-20(24-14-17)15-6-2-1-3-7-15/h1-11,13-14H,12,23H2. The summed E-state index contributed by atoms with van der Waals surface area (Å²) in [7, 11) is 0. The molecule has 128 valence electrons. The normalized spacial score (nSPS) is 10.8. The second kappa shape index (κ2) is 6.90. The Morgan fingerprint density at radius 3 is 2.35 bits per heavy atom. The molecule has 4 rings (SSSR count). The van der Waals surface area contributed by atoms with Crippen molar-refractivity contribution in [2.75, 3.05) is 0 Å². The lowest BCUT2D eigenvalue weighted by Gasteiger charge is -2.11. The molecule has 0 aliphatic rings. The van der Waals surface area contributed by atoms with Crippen LogP contribution in [0.3, 0.4) is 0 Å². The highest BCUT2D eigenvalue weighted by Gasteiger charge is 2.16. The van der Waals surface area contributed by atoms with Gasteiger partial charge in [0, 0.05) is 23.2 Å². The molecule has 2 heterocycles. The lowest BCUT2D eigenvalue weighted by Crippen LogP contribution is -2.04. The fourth-order valence-electron chi connectivity index (χ4n) is 2.96. The summed E-state index contributed by atoms with van der Waals surface area (Å²) in [6, 6.07) is 20.4. The topological polar surface area (TPSA) is 56.7 Å². The molecule has 5 heteroatoms. The number of hydrogen-bond donors (Lipinski definition) is 1. The van der Waals surface area contributed by atoms with E-state index in [1.54, 1.807) is 35.3 Å². The molecule has 4 nitrogen and oxygen atoms in total. The van der Waals surface area contributed by atoms with E-state index in [1.165, 1.54) is 6.07 Å². The molecule has 26 heavy (non-hydrogen) atoms. The number of pyridine rings is 1. The molecule has 0 saturated heterocycles. The van der Waals surface area contributed by atoms with Gasteiger partial charge in [-0.25, -0.2) is 9.07 Å². The molecule has 2 aromatic heterocycles. The van der Waals surface area contributed by atoms with Gasteiger partial charge in [0.15, 0.2) is 0 Å². The lowest BCUT2D eigenvalue weighted by atomic mass is 10.1. The van der Waals surface area contributed by atoms with Crippen molar-refractivity contribution >= 4 is 0 Å². The van der Waals surface area contributed by atoms with Crippen LogP contribution in [-0.4, -0.2) is 14.8 Å². The molecule has 0 aliphatic heterocycles. The molecule has 0 fully saturated rings. The van der Waals surface area contributed by atoms with E-state index in [2.05, 4.69) is 10.1 Å². The van der Waals surface area contributed by atoms with Gasteiger partial charge < -0.3 is 5.73 Å². The first-order valence-electron chi connectivity index (χ1n) is 8.31. The van der Waals surface area contributed by atoms with Crippen LogP contribution in [0.4, 0.5) is 4.39 Å². The van der Waals surface area contributed by atoms with Crippen LogP contribution in [0, 0.1) is 5.82 Å². The van der Waals surface area contributed by atoms with Gasteiger partial charge in [0.25, 0.3) is 0 Å². The molecule has 4 aromatic rings. The van der Waals surface area contributed by atoms with Crippen LogP contribution in [-0.2, 0) is 6.54 Å². The fraction of sp³-hybridized carbons (Fsp3) is 0.0476. The van der Waals surface area contributed by atoms with Crippen molar-refractivity contribution in [2.24, 2.45) is 5.73 Å². The van der Waals surface area contributed by atoms with Gasteiger partial charge >= 0.3 is 0 Å².